The fourth-order valence-corrected chi connectivity index (χ4v) is 16.9. The fraction of sp³-hybridized carbons (Fsp3) is 0.884. The van der Waals surface area contributed by atoms with E-state index < -0.39 is 35.8 Å². The fourth-order valence-electron chi connectivity index (χ4n) is 14.4. The Kier molecular flexibility index (Phi) is 79.4. The number of nitrogens with zero attached hydrogens (tertiary/aromatic N) is 6. The van der Waals surface area contributed by atoms with Crippen molar-refractivity contribution >= 4 is 86.8 Å². The third-order valence-electron chi connectivity index (χ3n) is 21.8. The minimum absolute atomic E-state index is 0.102. The van der Waals surface area contributed by atoms with E-state index in [0.717, 1.165) is 389 Å². The van der Waals surface area contributed by atoms with Crippen LogP contribution in [0.2, 0.25) is 0 Å². The van der Waals surface area contributed by atoms with Crippen LogP contribution in [0.1, 0.15) is 390 Å². The minimum Gasteiger partial charge on any atom is -0.461 e. The Hall–Kier alpha value is -4.10. The maximum atomic E-state index is 13.9. The molecule has 0 saturated heterocycles. The van der Waals surface area contributed by atoms with Gasteiger partial charge in [-0.3, -0.25) is 43.2 Å². The van der Waals surface area contributed by atoms with E-state index in [1.807, 2.05) is 45.2 Å². The predicted molar refractivity (Wildman–Crippen MR) is 498 cm³/mol. The van der Waals surface area contributed by atoms with Gasteiger partial charge in [0.2, 0.25) is 0 Å². The number of rotatable bonds is 83. The van der Waals surface area contributed by atoms with E-state index in [4.69, 9.17) is 28.4 Å². The summed E-state index contributed by atoms with van der Waals surface area (Å²) >= 11 is 3.39. The van der Waals surface area contributed by atoms with Crippen LogP contribution in [-0.2, 0) is 57.2 Å². The summed E-state index contributed by atoms with van der Waals surface area (Å²) in [6.45, 7) is 21.9. The first-order chi connectivity index (χ1) is 57.6. The Balaban J connectivity index is 5.45. The van der Waals surface area contributed by atoms with Crippen LogP contribution in [0.4, 0.5) is 14.4 Å². The Bertz CT molecular complexity index is 2520. The highest BCUT2D eigenvalue weighted by atomic mass is 32.2. The van der Waals surface area contributed by atoms with Crippen molar-refractivity contribution in [3.8, 4) is 0 Å². The SMILES string of the molecule is CCCCCC(CCCCC)OC(=O)CN(CC(=O)OC/C=C\CCCCCCCCCCCC(CCCCC)OC(=O)CN(CC(=O)OC(CCCCC)CCCCCCCCCCC(CCCCC)OC(=O)CN(CC(=O)OC(CCCCC)CCCCC)C(=O)SCCCN(CC)CC)C(=O)SCCCN(C)C)C(=O)SCCN(C)C. The van der Waals surface area contributed by atoms with Gasteiger partial charge in [0, 0.05) is 23.8 Å². The van der Waals surface area contributed by atoms with E-state index in [2.05, 4.69) is 72.1 Å². The molecule has 0 fully saturated rings. The van der Waals surface area contributed by atoms with Crippen LogP contribution in [-0.4, -0.2) is 236 Å². The Labute approximate surface area is 739 Å². The standard InChI is InChI=1S/C95H178N6O15S3/c1-14-23-46-59-82(60-47-24-15-2)112-88(103)77-99(95(110)119-75-71-97(12)13)76-87(102)111-72-56-45-41-37-33-31-30-32-34-38-42-53-66-84(63-50-27-18-5)114-90(105)79-100(93(108)117-73-57-69-96(10)11)80-91(106)115-85(64-51-28-19-6)67-54-43-39-35-36-40-44-55-68-86(65-52-29-20-7)116-92(107)81-101(94(109)118-74-58-70-98(21-8)22-9)78-89(104)113-83(61-48-25-16-3)62-49-26-17-4/h45,56,82-86H,14-44,46-55,57-81H2,1-13H3/b56-45-. The molecule has 696 valence electrons. The number of carbonyl (C=O) groups excluding carboxylic acids is 9. The van der Waals surface area contributed by atoms with Crippen molar-refractivity contribution in [3.05, 3.63) is 12.2 Å². The van der Waals surface area contributed by atoms with Gasteiger partial charge in [-0.25, -0.2) is 0 Å². The summed E-state index contributed by atoms with van der Waals surface area (Å²) in [4.78, 5) is 133. The zero-order valence-corrected chi connectivity index (χ0v) is 80.7. The van der Waals surface area contributed by atoms with Crippen molar-refractivity contribution in [2.24, 2.45) is 0 Å². The van der Waals surface area contributed by atoms with Crippen LogP contribution in [0.15, 0.2) is 12.2 Å². The summed E-state index contributed by atoms with van der Waals surface area (Å²) in [5.74, 6) is -1.29. The highest BCUT2D eigenvalue weighted by molar-refractivity contribution is 8.14. The molecule has 24 heteroatoms. The summed E-state index contributed by atoms with van der Waals surface area (Å²) in [5.41, 5.74) is 0. The summed E-state index contributed by atoms with van der Waals surface area (Å²) in [6.07, 6.45) is 52.6. The molecule has 0 N–H and O–H groups in total. The van der Waals surface area contributed by atoms with Gasteiger partial charge in [0.1, 0.15) is 76.4 Å². The molecule has 0 bridgehead atoms. The summed E-state index contributed by atoms with van der Waals surface area (Å²) < 4.78 is 36.0. The lowest BCUT2D eigenvalue weighted by Crippen LogP contribution is -2.40. The highest BCUT2D eigenvalue weighted by Crippen LogP contribution is 2.25. The molecular weight excluding hydrogens is 1560 g/mol. The van der Waals surface area contributed by atoms with Crippen LogP contribution < -0.4 is 0 Å². The van der Waals surface area contributed by atoms with Gasteiger partial charge in [-0.15, -0.1) is 0 Å². The van der Waals surface area contributed by atoms with Crippen molar-refractivity contribution in [2.45, 2.75) is 420 Å². The lowest BCUT2D eigenvalue weighted by atomic mass is 10.0. The second-order valence-electron chi connectivity index (χ2n) is 33.6. The summed E-state index contributed by atoms with van der Waals surface area (Å²) in [6, 6.07) is 0. The van der Waals surface area contributed by atoms with Crippen molar-refractivity contribution in [2.75, 3.05) is 124 Å². The maximum Gasteiger partial charge on any atom is 0.326 e. The molecule has 0 aliphatic carbocycles. The van der Waals surface area contributed by atoms with Crippen LogP contribution >= 0.6 is 35.3 Å². The largest absolute Gasteiger partial charge is 0.461 e. The number of amides is 3. The summed E-state index contributed by atoms with van der Waals surface area (Å²) in [7, 11) is 7.86. The van der Waals surface area contributed by atoms with Crippen LogP contribution in [0, 0.1) is 0 Å². The van der Waals surface area contributed by atoms with Gasteiger partial charge in [-0.1, -0.05) is 283 Å². The lowest BCUT2D eigenvalue weighted by Gasteiger charge is -2.25. The van der Waals surface area contributed by atoms with Gasteiger partial charge < -0.3 is 57.8 Å². The molecule has 0 saturated carbocycles. The quantitative estimate of drug-likeness (QED) is 0.0238. The van der Waals surface area contributed by atoms with Gasteiger partial charge in [0.05, 0.1) is 0 Å². The van der Waals surface area contributed by atoms with Gasteiger partial charge in [-0.05, 0) is 208 Å². The molecule has 0 aliphatic heterocycles. The van der Waals surface area contributed by atoms with E-state index in [0.29, 0.717) is 23.8 Å². The molecule has 119 heavy (non-hydrogen) atoms. The molecule has 0 aliphatic rings. The zero-order chi connectivity index (χ0) is 88.0. The predicted octanol–water partition coefficient (Wildman–Crippen LogP) is 23.6. The zero-order valence-electron chi connectivity index (χ0n) is 78.2. The molecule has 0 heterocycles. The second-order valence-corrected chi connectivity index (χ2v) is 36.7. The van der Waals surface area contributed by atoms with Gasteiger partial charge in [0.25, 0.3) is 15.7 Å². The van der Waals surface area contributed by atoms with Crippen LogP contribution in [0.25, 0.3) is 0 Å². The van der Waals surface area contributed by atoms with E-state index >= 15 is 0 Å². The maximum absolute atomic E-state index is 13.9. The molecule has 3 amide bonds. The Morgan fingerprint density at radius 3 is 0.756 bits per heavy atom. The number of esters is 6. The van der Waals surface area contributed by atoms with E-state index in [-0.39, 0.29) is 92.1 Å². The van der Waals surface area contributed by atoms with E-state index in [9.17, 15) is 43.2 Å². The molecular formula is C95H178N6O15S3. The monoisotopic (exact) mass is 1740 g/mol. The average Bonchev–Trinajstić information content (AvgIpc) is 0.899. The second kappa shape index (κ2) is 82.2. The molecule has 3 unspecified atom stereocenters. The van der Waals surface area contributed by atoms with Crippen LogP contribution in [0.3, 0.4) is 0 Å². The number of ether oxygens (including phenoxy) is 6. The number of unbranched alkanes of at least 4 members (excludes halogenated alkanes) is 30. The first kappa shape index (κ1) is 115. The number of carbonyl (C=O) groups is 9. The molecule has 0 aromatic rings. The van der Waals surface area contributed by atoms with Gasteiger partial charge >= 0.3 is 35.8 Å². The van der Waals surface area contributed by atoms with Crippen molar-refractivity contribution in [3.63, 3.8) is 0 Å². The van der Waals surface area contributed by atoms with E-state index in [1.165, 1.54) is 14.7 Å². The third kappa shape index (κ3) is 70.8. The number of allylic oxidation sites excluding steroid dienone is 1. The van der Waals surface area contributed by atoms with Crippen LogP contribution in [0.5, 0.6) is 0 Å². The highest BCUT2D eigenvalue weighted by Gasteiger charge is 2.30. The Morgan fingerprint density at radius 2 is 0.496 bits per heavy atom. The molecule has 0 spiro atoms. The topological polar surface area (TPSA) is 228 Å². The summed E-state index contributed by atoms with van der Waals surface area (Å²) in [5, 5.41) is -0.962. The minimum atomic E-state index is -0.560. The van der Waals surface area contributed by atoms with Crippen molar-refractivity contribution in [1.82, 2.24) is 29.4 Å². The first-order valence-electron chi connectivity index (χ1n) is 48.2. The lowest BCUT2D eigenvalue weighted by molar-refractivity contribution is -0.155. The molecule has 0 radical (unpaired) electrons. The third-order valence-corrected chi connectivity index (χ3v) is 24.7. The molecule has 0 rings (SSSR count). The average molecular weight is 1740 g/mol. The Morgan fingerprint density at radius 1 is 0.261 bits per heavy atom. The normalized spacial score (nSPS) is 12.4. The molecule has 3 atom stereocenters. The van der Waals surface area contributed by atoms with Gasteiger partial charge in [-0.2, -0.15) is 0 Å². The smallest absolute Gasteiger partial charge is 0.326 e. The molecule has 0 aromatic carbocycles. The van der Waals surface area contributed by atoms with Gasteiger partial charge in [0.15, 0.2) is 0 Å². The van der Waals surface area contributed by atoms with E-state index in [1.54, 1.807) is 0 Å². The first-order valence-corrected chi connectivity index (χ1v) is 51.1. The number of hydrogen-bond acceptors (Lipinski definition) is 21. The number of thioether (sulfide) groups is 3. The van der Waals surface area contributed by atoms with Crippen molar-refractivity contribution < 1.29 is 71.6 Å². The molecule has 21 nitrogen and oxygen atoms in total. The molecule has 0 aromatic heterocycles. The number of hydrogen-bond donors (Lipinski definition) is 0. The van der Waals surface area contributed by atoms with Crippen molar-refractivity contribution in [1.29, 1.82) is 0 Å².